The molecular weight excluding hydrogens is 453 g/mol. The molecule has 0 saturated carbocycles. The van der Waals surface area contributed by atoms with E-state index >= 15 is 0 Å². The van der Waals surface area contributed by atoms with E-state index in [1.165, 1.54) is 52.0 Å². The van der Waals surface area contributed by atoms with Crippen LogP contribution in [0.5, 0.6) is 0 Å². The number of sulfonamides is 1. The quantitative estimate of drug-likeness (QED) is 0.603. The van der Waals surface area contributed by atoms with E-state index in [2.05, 4.69) is 10.3 Å². The molecule has 0 bridgehead atoms. The minimum Gasteiger partial charge on any atom is -0.373 e. The molecule has 0 spiro atoms. The molecule has 3 aromatic rings. The van der Waals surface area contributed by atoms with E-state index in [4.69, 9.17) is 4.74 Å². The molecule has 1 aliphatic rings. The maximum atomic E-state index is 13.1. The average Bonchev–Trinajstić information content (AvgIpc) is 3.22. The van der Waals surface area contributed by atoms with E-state index in [1.807, 2.05) is 13.8 Å². The van der Waals surface area contributed by atoms with E-state index < -0.39 is 15.9 Å². The smallest absolute Gasteiger partial charge is 0.257 e. The number of nitrogens with one attached hydrogen (secondary N) is 1. The van der Waals surface area contributed by atoms with Crippen molar-refractivity contribution in [3.63, 3.8) is 0 Å². The van der Waals surface area contributed by atoms with Crippen LogP contribution in [0.15, 0.2) is 58.8 Å². The summed E-state index contributed by atoms with van der Waals surface area (Å²) in [6, 6.07) is 11.7. The third-order valence-electron chi connectivity index (χ3n) is 5.01. The fourth-order valence-corrected chi connectivity index (χ4v) is 5.81. The summed E-state index contributed by atoms with van der Waals surface area (Å²) in [5.41, 5.74) is 1.68. The summed E-state index contributed by atoms with van der Waals surface area (Å²) in [5.74, 6) is -0.733. The minimum atomic E-state index is -3.67. The van der Waals surface area contributed by atoms with Gasteiger partial charge in [-0.3, -0.25) is 10.1 Å². The number of hydrogen-bond donors (Lipinski definition) is 1. The lowest BCUT2D eigenvalue weighted by Gasteiger charge is -2.34. The van der Waals surface area contributed by atoms with E-state index in [9.17, 15) is 17.6 Å². The predicted octanol–water partition coefficient (Wildman–Crippen LogP) is 4.00. The van der Waals surface area contributed by atoms with Crippen molar-refractivity contribution in [2.45, 2.75) is 31.0 Å². The van der Waals surface area contributed by atoms with Crippen LogP contribution in [0.4, 0.5) is 9.52 Å². The monoisotopic (exact) mass is 475 g/mol. The van der Waals surface area contributed by atoms with Crippen LogP contribution in [0.3, 0.4) is 0 Å². The topological polar surface area (TPSA) is 88.6 Å². The normalized spacial score (nSPS) is 19.6. The molecule has 168 valence electrons. The summed E-state index contributed by atoms with van der Waals surface area (Å²) >= 11 is 1.25. The number of amides is 1. The lowest BCUT2D eigenvalue weighted by molar-refractivity contribution is -0.0440. The molecule has 1 aliphatic heterocycles. The maximum Gasteiger partial charge on any atom is 0.257 e. The number of aromatic nitrogens is 1. The number of morpholine rings is 1. The minimum absolute atomic E-state index is 0.128. The zero-order chi connectivity index (χ0) is 22.9. The molecule has 32 heavy (non-hydrogen) atoms. The first kappa shape index (κ1) is 22.5. The van der Waals surface area contributed by atoms with Gasteiger partial charge >= 0.3 is 0 Å². The summed E-state index contributed by atoms with van der Waals surface area (Å²) in [6.45, 7) is 4.25. The van der Waals surface area contributed by atoms with Crippen molar-refractivity contribution >= 4 is 32.4 Å². The molecule has 2 heterocycles. The molecular formula is C22H22FN3O4S2. The molecule has 1 aromatic heterocycles. The van der Waals surface area contributed by atoms with Crippen molar-refractivity contribution in [1.29, 1.82) is 0 Å². The highest BCUT2D eigenvalue weighted by Gasteiger charge is 2.32. The van der Waals surface area contributed by atoms with Crippen molar-refractivity contribution in [2.24, 2.45) is 0 Å². The molecule has 10 heteroatoms. The molecule has 2 unspecified atom stereocenters. The first-order chi connectivity index (χ1) is 15.2. The fraction of sp³-hybridized carbons (Fsp3) is 0.273. The highest BCUT2D eigenvalue weighted by molar-refractivity contribution is 7.89. The highest BCUT2D eigenvalue weighted by atomic mass is 32.2. The molecule has 2 aromatic carbocycles. The van der Waals surface area contributed by atoms with Crippen LogP contribution in [0.25, 0.3) is 11.3 Å². The van der Waals surface area contributed by atoms with Crippen molar-refractivity contribution in [3.8, 4) is 11.3 Å². The number of anilines is 1. The summed E-state index contributed by atoms with van der Waals surface area (Å²) in [7, 11) is -3.67. The zero-order valence-corrected chi connectivity index (χ0v) is 19.1. The number of benzene rings is 2. The number of rotatable bonds is 5. The van der Waals surface area contributed by atoms with Gasteiger partial charge in [0.2, 0.25) is 10.0 Å². The van der Waals surface area contributed by atoms with Gasteiger partial charge in [0.1, 0.15) is 5.82 Å². The highest BCUT2D eigenvalue weighted by Crippen LogP contribution is 2.26. The first-order valence-electron chi connectivity index (χ1n) is 10.0. The SMILES string of the molecule is CC1CN(S(=O)(=O)c2ccc(C(=O)Nc3nc(-c4ccc(F)cc4)cs3)cc2)CC(C)O1. The standard InChI is InChI=1S/C22H22FN3O4S2/c1-14-11-26(12-15(2)30-14)32(28,29)19-9-5-17(6-10-19)21(27)25-22-24-20(13-31-22)16-3-7-18(23)8-4-16/h3-10,13-15H,11-12H2,1-2H3,(H,24,25,27). The lowest BCUT2D eigenvalue weighted by atomic mass is 10.2. The summed E-state index contributed by atoms with van der Waals surface area (Å²) < 4.78 is 46.0. The number of carbonyl (C=O) groups excluding carboxylic acids is 1. The fourth-order valence-electron chi connectivity index (χ4n) is 3.51. The van der Waals surface area contributed by atoms with Gasteiger partial charge in [-0.25, -0.2) is 17.8 Å². The average molecular weight is 476 g/mol. The Balaban J connectivity index is 1.45. The van der Waals surface area contributed by atoms with Crippen molar-refractivity contribution in [3.05, 3.63) is 65.3 Å². The second-order valence-corrected chi connectivity index (χ2v) is 10.4. The van der Waals surface area contributed by atoms with Gasteiger partial charge in [-0.05, 0) is 62.4 Å². The largest absolute Gasteiger partial charge is 0.373 e. The van der Waals surface area contributed by atoms with Crippen LogP contribution in [0, 0.1) is 5.82 Å². The van der Waals surface area contributed by atoms with Crippen LogP contribution in [-0.4, -0.2) is 48.9 Å². The molecule has 1 fully saturated rings. The summed E-state index contributed by atoms with van der Waals surface area (Å²) in [6.07, 6.45) is -0.367. The van der Waals surface area contributed by atoms with E-state index in [0.29, 0.717) is 16.4 Å². The molecule has 1 saturated heterocycles. The van der Waals surface area contributed by atoms with Gasteiger partial charge in [0.15, 0.2) is 5.13 Å². The Morgan fingerprint density at radius 2 is 1.72 bits per heavy atom. The Labute approximate surface area is 189 Å². The van der Waals surface area contributed by atoms with Gasteiger partial charge in [0.05, 0.1) is 22.8 Å². The Morgan fingerprint density at radius 3 is 2.34 bits per heavy atom. The summed E-state index contributed by atoms with van der Waals surface area (Å²) in [5, 5.41) is 4.87. The van der Waals surface area contributed by atoms with Gasteiger partial charge in [0.25, 0.3) is 5.91 Å². The summed E-state index contributed by atoms with van der Waals surface area (Å²) in [4.78, 5) is 17.1. The van der Waals surface area contributed by atoms with Crippen LogP contribution < -0.4 is 5.32 Å². The van der Waals surface area contributed by atoms with Crippen molar-refractivity contribution < 1.29 is 22.3 Å². The van der Waals surface area contributed by atoms with E-state index in [0.717, 1.165) is 5.56 Å². The van der Waals surface area contributed by atoms with Gasteiger partial charge in [-0.2, -0.15) is 4.31 Å². The number of nitrogens with zero attached hydrogens (tertiary/aromatic N) is 2. The first-order valence-corrected chi connectivity index (χ1v) is 12.3. The van der Waals surface area contributed by atoms with Gasteiger partial charge in [-0.15, -0.1) is 11.3 Å². The van der Waals surface area contributed by atoms with E-state index in [1.54, 1.807) is 17.5 Å². The molecule has 1 N–H and O–H groups in total. The second kappa shape index (κ2) is 9.07. The zero-order valence-electron chi connectivity index (χ0n) is 17.5. The Morgan fingerprint density at radius 1 is 1.09 bits per heavy atom. The van der Waals surface area contributed by atoms with Gasteiger partial charge < -0.3 is 4.74 Å². The molecule has 1 amide bonds. The third-order valence-corrected chi connectivity index (χ3v) is 7.61. The Kier molecular flexibility index (Phi) is 6.38. The van der Waals surface area contributed by atoms with Crippen LogP contribution in [0.2, 0.25) is 0 Å². The van der Waals surface area contributed by atoms with Crippen molar-refractivity contribution in [1.82, 2.24) is 9.29 Å². The van der Waals surface area contributed by atoms with Crippen LogP contribution >= 0.6 is 11.3 Å². The van der Waals surface area contributed by atoms with Crippen LogP contribution in [-0.2, 0) is 14.8 Å². The molecule has 0 radical (unpaired) electrons. The van der Waals surface area contributed by atoms with Crippen molar-refractivity contribution in [2.75, 3.05) is 18.4 Å². The molecule has 4 rings (SSSR count). The Bertz CT molecular complexity index is 1200. The molecule has 0 aliphatic carbocycles. The molecule has 7 nitrogen and oxygen atoms in total. The molecule has 2 atom stereocenters. The number of halogens is 1. The maximum absolute atomic E-state index is 13.1. The lowest BCUT2D eigenvalue weighted by Crippen LogP contribution is -2.48. The number of ether oxygens (including phenoxy) is 1. The third kappa shape index (κ3) is 4.88. The van der Waals surface area contributed by atoms with E-state index in [-0.39, 0.29) is 36.0 Å². The number of thiazole rings is 1. The number of hydrogen-bond acceptors (Lipinski definition) is 6. The van der Waals surface area contributed by atoms with Gasteiger partial charge in [-0.1, -0.05) is 0 Å². The second-order valence-electron chi connectivity index (χ2n) is 7.60. The Hall–Kier alpha value is -2.66. The predicted molar refractivity (Wildman–Crippen MR) is 121 cm³/mol. The van der Waals surface area contributed by atoms with Gasteiger partial charge in [0, 0.05) is 29.6 Å². The van der Waals surface area contributed by atoms with Crippen LogP contribution in [0.1, 0.15) is 24.2 Å². The number of carbonyl (C=O) groups is 1.